The van der Waals surface area contributed by atoms with E-state index >= 15 is 0 Å². The zero-order valence-corrected chi connectivity index (χ0v) is 15.2. The van der Waals surface area contributed by atoms with Gasteiger partial charge in [0.25, 0.3) is 0 Å². The topological polar surface area (TPSA) is 49.4 Å². The van der Waals surface area contributed by atoms with Gasteiger partial charge in [-0.2, -0.15) is 0 Å². The van der Waals surface area contributed by atoms with Crippen molar-refractivity contribution in [3.05, 3.63) is 29.3 Å². The van der Waals surface area contributed by atoms with Crippen molar-refractivity contribution < 1.29 is 8.42 Å². The number of hydrogen-bond acceptors (Lipinski definition) is 3. The van der Waals surface area contributed by atoms with E-state index in [9.17, 15) is 8.42 Å². The van der Waals surface area contributed by atoms with Gasteiger partial charge >= 0.3 is 0 Å². The summed E-state index contributed by atoms with van der Waals surface area (Å²) in [4.78, 5) is 2.56. The third kappa shape index (κ3) is 5.70. The molecule has 1 aliphatic rings. The predicted octanol–water partition coefficient (Wildman–Crippen LogP) is 3.16. The first kappa shape index (κ1) is 19.7. The van der Waals surface area contributed by atoms with Gasteiger partial charge in [-0.25, -0.2) is 13.1 Å². The molecule has 0 saturated carbocycles. The molecule has 1 fully saturated rings. The summed E-state index contributed by atoms with van der Waals surface area (Å²) in [7, 11) is -3.50. The predicted molar refractivity (Wildman–Crippen MR) is 93.3 cm³/mol. The fraction of sp³-hybridized carbons (Fsp3) is 0.600. The van der Waals surface area contributed by atoms with Crippen LogP contribution in [0.4, 0.5) is 0 Å². The molecule has 1 aromatic rings. The number of piperidine rings is 1. The van der Waals surface area contributed by atoms with Gasteiger partial charge in [0.05, 0.1) is 5.02 Å². The molecule has 0 spiro atoms. The van der Waals surface area contributed by atoms with Crippen molar-refractivity contribution in [2.75, 3.05) is 26.2 Å². The molecule has 1 N–H and O–H groups in total. The zero-order valence-electron chi connectivity index (χ0n) is 12.8. The number of nitrogens with zero attached hydrogens (tertiary/aromatic N) is 1. The average molecular weight is 367 g/mol. The van der Waals surface area contributed by atoms with Crippen LogP contribution in [0.2, 0.25) is 5.02 Å². The first-order chi connectivity index (χ1) is 9.99. The molecule has 0 aromatic heterocycles. The van der Waals surface area contributed by atoms with E-state index in [1.54, 1.807) is 18.2 Å². The number of likely N-dealkylation sites (tertiary alicyclic amines) is 1. The van der Waals surface area contributed by atoms with Gasteiger partial charge in [0.2, 0.25) is 10.0 Å². The van der Waals surface area contributed by atoms with E-state index in [-0.39, 0.29) is 22.3 Å². The summed E-state index contributed by atoms with van der Waals surface area (Å²) >= 11 is 5.93. The van der Waals surface area contributed by atoms with Gasteiger partial charge in [-0.3, -0.25) is 0 Å². The summed E-state index contributed by atoms with van der Waals surface area (Å²) in [5.74, 6) is 0.819. The lowest BCUT2D eigenvalue weighted by Crippen LogP contribution is -2.35. The molecule has 1 aromatic carbocycles. The normalized spacial score (nSPS) is 17.2. The van der Waals surface area contributed by atoms with Gasteiger partial charge < -0.3 is 4.90 Å². The third-order valence-corrected chi connectivity index (χ3v) is 5.91. The Labute approximate surface area is 144 Å². The fourth-order valence-corrected chi connectivity index (χ4v) is 4.13. The van der Waals surface area contributed by atoms with E-state index in [0.717, 1.165) is 32.0 Å². The Bertz CT molecular complexity index is 558. The molecule has 0 aliphatic carbocycles. The molecule has 126 valence electrons. The van der Waals surface area contributed by atoms with Gasteiger partial charge in [-0.05, 0) is 56.9 Å². The maximum Gasteiger partial charge on any atom is 0.242 e. The summed E-state index contributed by atoms with van der Waals surface area (Å²) in [6.07, 6.45) is 3.30. The first-order valence-electron chi connectivity index (χ1n) is 7.45. The van der Waals surface area contributed by atoms with Crippen molar-refractivity contribution in [2.24, 2.45) is 5.92 Å². The number of halogens is 2. The molecule has 22 heavy (non-hydrogen) atoms. The highest BCUT2D eigenvalue weighted by Crippen LogP contribution is 2.20. The molecule has 7 heteroatoms. The molecule has 1 aliphatic heterocycles. The molecule has 0 atom stereocenters. The van der Waals surface area contributed by atoms with E-state index in [0.29, 0.717) is 6.54 Å². The van der Waals surface area contributed by atoms with Crippen LogP contribution in [0.1, 0.15) is 26.2 Å². The molecule has 1 heterocycles. The van der Waals surface area contributed by atoms with E-state index < -0.39 is 10.0 Å². The number of sulfonamides is 1. The second kappa shape index (κ2) is 9.08. The van der Waals surface area contributed by atoms with Crippen LogP contribution in [-0.4, -0.2) is 39.5 Å². The average Bonchev–Trinajstić information content (AvgIpc) is 2.46. The molecule has 0 bridgehead atoms. The number of benzene rings is 1. The summed E-state index contributed by atoms with van der Waals surface area (Å²) in [6, 6.07) is 6.51. The van der Waals surface area contributed by atoms with Crippen molar-refractivity contribution in [1.82, 2.24) is 9.62 Å². The van der Waals surface area contributed by atoms with Crippen molar-refractivity contribution in [1.29, 1.82) is 0 Å². The van der Waals surface area contributed by atoms with E-state index in [2.05, 4.69) is 16.5 Å². The van der Waals surface area contributed by atoms with E-state index in [1.807, 2.05) is 0 Å². The molecule has 0 amide bonds. The van der Waals surface area contributed by atoms with Gasteiger partial charge in [-0.15, -0.1) is 12.4 Å². The fourth-order valence-electron chi connectivity index (χ4n) is 2.54. The largest absolute Gasteiger partial charge is 0.303 e. The summed E-state index contributed by atoms with van der Waals surface area (Å²) in [6.45, 7) is 5.92. The molecular formula is C15H24Cl2N2O2S. The molecular weight excluding hydrogens is 343 g/mol. The third-order valence-electron chi connectivity index (χ3n) is 3.95. The highest BCUT2D eigenvalue weighted by atomic mass is 35.5. The van der Waals surface area contributed by atoms with Crippen molar-refractivity contribution in [3.8, 4) is 0 Å². The zero-order chi connectivity index (χ0) is 15.3. The van der Waals surface area contributed by atoms with Crippen molar-refractivity contribution in [2.45, 2.75) is 31.1 Å². The van der Waals surface area contributed by atoms with Crippen LogP contribution in [0, 0.1) is 5.92 Å². The van der Waals surface area contributed by atoms with Gasteiger partial charge in [0.15, 0.2) is 0 Å². The Morgan fingerprint density at radius 2 is 1.91 bits per heavy atom. The standard InChI is InChI=1S/C15H23ClN2O2S.ClH/c1-13-7-11-18(12-8-13)10-4-9-17-21(19,20)15-6-3-2-5-14(15)16;/h2-3,5-6,13,17H,4,7-12H2,1H3;1H. The Hall–Kier alpha value is -0.330. The Balaban J connectivity index is 0.00000242. The number of rotatable bonds is 6. The van der Waals surface area contributed by atoms with Gasteiger partial charge in [-0.1, -0.05) is 30.7 Å². The van der Waals surface area contributed by atoms with Crippen LogP contribution < -0.4 is 4.72 Å². The van der Waals surface area contributed by atoms with E-state index in [4.69, 9.17) is 11.6 Å². The summed E-state index contributed by atoms with van der Waals surface area (Å²) in [5.41, 5.74) is 0. The summed E-state index contributed by atoms with van der Waals surface area (Å²) in [5, 5.41) is 0.259. The lowest BCUT2D eigenvalue weighted by Gasteiger charge is -2.30. The van der Waals surface area contributed by atoms with Crippen molar-refractivity contribution >= 4 is 34.0 Å². The van der Waals surface area contributed by atoms with Crippen LogP contribution in [0.25, 0.3) is 0 Å². The molecule has 0 radical (unpaired) electrons. The monoisotopic (exact) mass is 366 g/mol. The second-order valence-corrected chi connectivity index (χ2v) is 7.85. The van der Waals surface area contributed by atoms with Crippen LogP contribution in [0.5, 0.6) is 0 Å². The highest BCUT2D eigenvalue weighted by Gasteiger charge is 2.18. The van der Waals surface area contributed by atoms with Crippen LogP contribution in [-0.2, 0) is 10.0 Å². The van der Waals surface area contributed by atoms with Crippen molar-refractivity contribution in [3.63, 3.8) is 0 Å². The van der Waals surface area contributed by atoms with E-state index in [1.165, 1.54) is 18.9 Å². The summed E-state index contributed by atoms with van der Waals surface area (Å²) < 4.78 is 26.9. The van der Waals surface area contributed by atoms with Crippen LogP contribution in [0.3, 0.4) is 0 Å². The van der Waals surface area contributed by atoms with Crippen LogP contribution in [0.15, 0.2) is 29.2 Å². The first-order valence-corrected chi connectivity index (χ1v) is 9.32. The SMILES string of the molecule is CC1CCN(CCCNS(=O)(=O)c2ccccc2Cl)CC1.Cl. The molecule has 2 rings (SSSR count). The second-order valence-electron chi connectivity index (χ2n) is 5.71. The molecule has 1 saturated heterocycles. The minimum atomic E-state index is -3.50. The van der Waals surface area contributed by atoms with Gasteiger partial charge in [0.1, 0.15) is 4.90 Å². The lowest BCUT2D eigenvalue weighted by atomic mass is 9.99. The Morgan fingerprint density at radius 1 is 1.27 bits per heavy atom. The lowest BCUT2D eigenvalue weighted by molar-refractivity contribution is 0.191. The molecule has 4 nitrogen and oxygen atoms in total. The highest BCUT2D eigenvalue weighted by molar-refractivity contribution is 7.89. The minimum Gasteiger partial charge on any atom is -0.303 e. The smallest absolute Gasteiger partial charge is 0.242 e. The maximum atomic E-state index is 12.1. The Morgan fingerprint density at radius 3 is 2.55 bits per heavy atom. The molecule has 0 unspecified atom stereocenters. The quantitative estimate of drug-likeness (QED) is 0.786. The number of hydrogen-bond donors (Lipinski definition) is 1. The number of nitrogens with one attached hydrogen (secondary N) is 1. The maximum absolute atomic E-state index is 12.1. The Kier molecular flexibility index (Phi) is 8.14. The minimum absolute atomic E-state index is 0. The van der Waals surface area contributed by atoms with Crippen LogP contribution >= 0.6 is 24.0 Å². The van der Waals surface area contributed by atoms with Gasteiger partial charge in [0, 0.05) is 6.54 Å².